The van der Waals surface area contributed by atoms with Crippen molar-refractivity contribution in [2.75, 3.05) is 25.6 Å². The van der Waals surface area contributed by atoms with Gasteiger partial charge in [-0.05, 0) is 24.1 Å². The van der Waals surface area contributed by atoms with Crippen molar-refractivity contribution in [3.63, 3.8) is 0 Å². The van der Waals surface area contributed by atoms with E-state index in [0.29, 0.717) is 25.6 Å². The van der Waals surface area contributed by atoms with Crippen LogP contribution in [0.3, 0.4) is 0 Å². The van der Waals surface area contributed by atoms with Crippen LogP contribution in [0.25, 0.3) is 0 Å². The summed E-state index contributed by atoms with van der Waals surface area (Å²) in [5.41, 5.74) is 1.98. The molecule has 1 atom stereocenters. The average molecular weight is 268 g/mol. The summed E-state index contributed by atoms with van der Waals surface area (Å²) in [5.74, 6) is 0.495. The highest BCUT2D eigenvalue weighted by molar-refractivity contribution is 6.18. The Balaban J connectivity index is 2.05. The lowest BCUT2D eigenvalue weighted by Crippen LogP contribution is -2.46. The van der Waals surface area contributed by atoms with Crippen LogP contribution in [0.4, 0.5) is 0 Å². The van der Waals surface area contributed by atoms with Crippen LogP contribution in [0.15, 0.2) is 24.3 Å². The number of amides is 1. The third kappa shape index (κ3) is 3.03. The molecule has 0 radical (unpaired) electrons. The molecule has 4 heteroatoms. The van der Waals surface area contributed by atoms with Crippen molar-refractivity contribution in [2.24, 2.45) is 0 Å². The van der Waals surface area contributed by atoms with E-state index in [0.717, 1.165) is 12.0 Å². The summed E-state index contributed by atoms with van der Waals surface area (Å²) in [4.78, 5) is 14.1. The topological polar surface area (TPSA) is 29.5 Å². The molecule has 0 N–H and O–H groups in total. The van der Waals surface area contributed by atoms with Gasteiger partial charge >= 0.3 is 0 Å². The van der Waals surface area contributed by atoms with Gasteiger partial charge in [0, 0.05) is 18.7 Å². The van der Waals surface area contributed by atoms with Gasteiger partial charge in [0.05, 0.1) is 18.6 Å². The highest BCUT2D eigenvalue weighted by Crippen LogP contribution is 2.12. The molecule has 1 aliphatic rings. The second kappa shape index (κ2) is 6.21. The van der Waals surface area contributed by atoms with Gasteiger partial charge in [-0.2, -0.15) is 0 Å². The molecule has 98 valence electrons. The molecule has 1 heterocycles. The number of hydrogen-bond donors (Lipinski definition) is 0. The van der Waals surface area contributed by atoms with E-state index in [2.05, 4.69) is 6.92 Å². The van der Waals surface area contributed by atoms with Crippen molar-refractivity contribution < 1.29 is 9.53 Å². The summed E-state index contributed by atoms with van der Waals surface area (Å²) in [6.07, 6.45) is 0.944. The van der Waals surface area contributed by atoms with Crippen LogP contribution in [0, 0.1) is 0 Å². The van der Waals surface area contributed by atoms with Crippen LogP contribution >= 0.6 is 11.6 Å². The summed E-state index contributed by atoms with van der Waals surface area (Å²) in [6.45, 7) is 3.89. The van der Waals surface area contributed by atoms with Gasteiger partial charge in [-0.3, -0.25) is 4.79 Å². The number of aryl methyl sites for hydroxylation is 1. The largest absolute Gasteiger partial charge is 0.373 e. The molecule has 0 saturated carbocycles. The zero-order valence-corrected chi connectivity index (χ0v) is 11.3. The minimum atomic E-state index is -0.0423. The molecule has 0 aromatic heterocycles. The molecular weight excluding hydrogens is 250 g/mol. The molecule has 0 spiro atoms. The fourth-order valence-electron chi connectivity index (χ4n) is 2.06. The maximum atomic E-state index is 12.3. The molecule has 1 aromatic rings. The van der Waals surface area contributed by atoms with E-state index in [9.17, 15) is 4.79 Å². The Morgan fingerprint density at radius 1 is 1.44 bits per heavy atom. The number of nitrogens with zero attached hydrogens (tertiary/aromatic N) is 1. The lowest BCUT2D eigenvalue weighted by Gasteiger charge is -2.32. The van der Waals surface area contributed by atoms with Crippen molar-refractivity contribution >= 4 is 17.5 Å². The SMILES string of the molecule is CCc1ccc(C(=O)N2CCOC(CCl)C2)cc1. The number of ether oxygens (including phenoxy) is 1. The van der Waals surface area contributed by atoms with Crippen LogP contribution in [0.1, 0.15) is 22.8 Å². The van der Waals surface area contributed by atoms with Crippen LogP contribution < -0.4 is 0 Å². The summed E-state index contributed by atoms with van der Waals surface area (Å²) in [6, 6.07) is 7.80. The molecule has 1 amide bonds. The summed E-state index contributed by atoms with van der Waals surface area (Å²) in [5, 5.41) is 0. The standard InChI is InChI=1S/C14H18ClNO2/c1-2-11-3-5-12(6-4-11)14(17)16-7-8-18-13(9-15)10-16/h3-6,13H,2,7-10H2,1H3. The monoisotopic (exact) mass is 267 g/mol. The van der Waals surface area contributed by atoms with Crippen LogP contribution in [-0.4, -0.2) is 42.5 Å². The number of benzene rings is 1. The van der Waals surface area contributed by atoms with E-state index in [-0.39, 0.29) is 12.0 Å². The maximum absolute atomic E-state index is 12.3. The zero-order chi connectivity index (χ0) is 13.0. The number of morpholine rings is 1. The van der Waals surface area contributed by atoms with E-state index in [1.54, 1.807) is 0 Å². The normalized spacial score (nSPS) is 19.9. The first-order chi connectivity index (χ1) is 8.74. The van der Waals surface area contributed by atoms with Gasteiger partial charge in [0.2, 0.25) is 0 Å². The van der Waals surface area contributed by atoms with Gasteiger partial charge in [-0.25, -0.2) is 0 Å². The minimum absolute atomic E-state index is 0.0423. The lowest BCUT2D eigenvalue weighted by molar-refractivity contribution is -0.0108. The average Bonchev–Trinajstić information content (AvgIpc) is 2.46. The number of carbonyl (C=O) groups is 1. The summed E-state index contributed by atoms with van der Waals surface area (Å²) < 4.78 is 5.45. The van der Waals surface area contributed by atoms with Crippen molar-refractivity contribution in [2.45, 2.75) is 19.4 Å². The first kappa shape index (κ1) is 13.4. The molecule has 3 nitrogen and oxygen atoms in total. The molecule has 0 bridgehead atoms. The Bertz CT molecular complexity index is 405. The molecule has 0 aliphatic carbocycles. The number of alkyl halides is 1. The van der Waals surface area contributed by atoms with E-state index in [1.165, 1.54) is 5.56 Å². The van der Waals surface area contributed by atoms with Crippen molar-refractivity contribution in [3.8, 4) is 0 Å². The highest BCUT2D eigenvalue weighted by atomic mass is 35.5. The predicted octanol–water partition coefficient (Wildman–Crippen LogP) is 2.33. The number of rotatable bonds is 3. The third-order valence-corrected chi connectivity index (χ3v) is 3.55. The number of carbonyl (C=O) groups excluding carboxylic acids is 1. The zero-order valence-electron chi connectivity index (χ0n) is 10.6. The Morgan fingerprint density at radius 3 is 2.78 bits per heavy atom. The molecule has 1 aliphatic heterocycles. The highest BCUT2D eigenvalue weighted by Gasteiger charge is 2.24. The number of halogens is 1. The fraction of sp³-hybridized carbons (Fsp3) is 0.500. The first-order valence-electron chi connectivity index (χ1n) is 6.30. The van der Waals surface area contributed by atoms with Crippen molar-refractivity contribution in [3.05, 3.63) is 35.4 Å². The van der Waals surface area contributed by atoms with Gasteiger partial charge < -0.3 is 9.64 Å². The molecule has 18 heavy (non-hydrogen) atoms. The predicted molar refractivity (Wildman–Crippen MR) is 72.2 cm³/mol. The quantitative estimate of drug-likeness (QED) is 0.787. The molecular formula is C14H18ClNO2. The Morgan fingerprint density at radius 2 is 2.17 bits per heavy atom. The van der Waals surface area contributed by atoms with Gasteiger partial charge in [0.15, 0.2) is 0 Å². The lowest BCUT2D eigenvalue weighted by atomic mass is 10.1. The van der Waals surface area contributed by atoms with E-state index < -0.39 is 0 Å². The van der Waals surface area contributed by atoms with Crippen LogP contribution in [0.2, 0.25) is 0 Å². The van der Waals surface area contributed by atoms with Gasteiger partial charge in [-0.15, -0.1) is 11.6 Å². The Labute approximate surface area is 113 Å². The van der Waals surface area contributed by atoms with Gasteiger partial charge in [-0.1, -0.05) is 19.1 Å². The maximum Gasteiger partial charge on any atom is 0.254 e. The molecule has 1 unspecified atom stereocenters. The van der Waals surface area contributed by atoms with E-state index in [1.807, 2.05) is 29.2 Å². The minimum Gasteiger partial charge on any atom is -0.373 e. The second-order valence-electron chi connectivity index (χ2n) is 4.45. The van der Waals surface area contributed by atoms with Gasteiger partial charge in [0.25, 0.3) is 5.91 Å². The molecule has 1 saturated heterocycles. The van der Waals surface area contributed by atoms with Crippen LogP contribution in [-0.2, 0) is 11.2 Å². The van der Waals surface area contributed by atoms with Crippen LogP contribution in [0.5, 0.6) is 0 Å². The molecule has 1 fully saturated rings. The van der Waals surface area contributed by atoms with E-state index >= 15 is 0 Å². The summed E-state index contributed by atoms with van der Waals surface area (Å²) in [7, 11) is 0. The van der Waals surface area contributed by atoms with Crippen molar-refractivity contribution in [1.29, 1.82) is 0 Å². The Hall–Kier alpha value is -1.06. The second-order valence-corrected chi connectivity index (χ2v) is 4.76. The van der Waals surface area contributed by atoms with Crippen molar-refractivity contribution in [1.82, 2.24) is 4.90 Å². The number of hydrogen-bond acceptors (Lipinski definition) is 2. The smallest absolute Gasteiger partial charge is 0.254 e. The Kier molecular flexibility index (Phi) is 4.61. The third-order valence-electron chi connectivity index (χ3n) is 3.21. The molecule has 2 rings (SSSR count). The van der Waals surface area contributed by atoms with E-state index in [4.69, 9.17) is 16.3 Å². The van der Waals surface area contributed by atoms with Gasteiger partial charge in [0.1, 0.15) is 0 Å². The summed E-state index contributed by atoms with van der Waals surface area (Å²) >= 11 is 5.77. The molecule has 1 aromatic carbocycles. The first-order valence-corrected chi connectivity index (χ1v) is 6.83. The fourth-order valence-corrected chi connectivity index (χ4v) is 2.25.